The van der Waals surface area contributed by atoms with Gasteiger partial charge in [0.1, 0.15) is 17.5 Å². The largest absolute Gasteiger partial charge is 0.355 e. The Morgan fingerprint density at radius 2 is 1.85 bits per heavy atom. The van der Waals surface area contributed by atoms with E-state index in [1.54, 1.807) is 18.3 Å². The lowest BCUT2D eigenvalue weighted by Gasteiger charge is -2.22. The first kappa shape index (κ1) is 21.3. The van der Waals surface area contributed by atoms with Crippen LogP contribution in [0.3, 0.4) is 0 Å². The SMILES string of the molecule is CN(C)[C@@H]1CCN(c2cc(Nc3cc(C(=O)NC4CC4)ccn3)nc(-c3ccccc3)n2)C1. The number of carbonyl (C=O) groups excluding carboxylic acids is 1. The van der Waals surface area contributed by atoms with Gasteiger partial charge < -0.3 is 20.4 Å². The van der Waals surface area contributed by atoms with Crippen molar-refractivity contribution in [2.45, 2.75) is 31.3 Å². The molecule has 33 heavy (non-hydrogen) atoms. The monoisotopic (exact) mass is 443 g/mol. The molecule has 1 saturated heterocycles. The van der Waals surface area contributed by atoms with Crippen LogP contribution in [-0.4, -0.2) is 65.0 Å². The van der Waals surface area contributed by atoms with Gasteiger partial charge in [0.25, 0.3) is 5.91 Å². The van der Waals surface area contributed by atoms with Crippen LogP contribution in [0.2, 0.25) is 0 Å². The first-order valence-electron chi connectivity index (χ1n) is 11.4. The third-order valence-electron chi connectivity index (χ3n) is 6.15. The summed E-state index contributed by atoms with van der Waals surface area (Å²) >= 11 is 0. The van der Waals surface area contributed by atoms with Crippen molar-refractivity contribution in [1.82, 2.24) is 25.2 Å². The molecule has 1 amide bonds. The molecule has 170 valence electrons. The summed E-state index contributed by atoms with van der Waals surface area (Å²) in [4.78, 5) is 31.1. The highest BCUT2D eigenvalue weighted by molar-refractivity contribution is 5.95. The van der Waals surface area contributed by atoms with Crippen LogP contribution in [0.4, 0.5) is 17.5 Å². The predicted molar refractivity (Wildman–Crippen MR) is 130 cm³/mol. The number of hydrogen-bond donors (Lipinski definition) is 2. The summed E-state index contributed by atoms with van der Waals surface area (Å²) in [6.07, 6.45) is 4.85. The Morgan fingerprint density at radius 1 is 1.03 bits per heavy atom. The van der Waals surface area contributed by atoms with E-state index in [1.165, 1.54) is 0 Å². The van der Waals surface area contributed by atoms with Crippen LogP contribution in [-0.2, 0) is 0 Å². The quantitative estimate of drug-likeness (QED) is 0.579. The van der Waals surface area contributed by atoms with Gasteiger partial charge in [-0.3, -0.25) is 4.79 Å². The first-order chi connectivity index (χ1) is 16.0. The molecular weight excluding hydrogens is 414 g/mol. The van der Waals surface area contributed by atoms with Crippen LogP contribution in [0.5, 0.6) is 0 Å². The lowest BCUT2D eigenvalue weighted by atomic mass is 10.2. The fraction of sp³-hybridized carbons (Fsp3) is 0.360. The number of amides is 1. The molecule has 0 bridgehead atoms. The van der Waals surface area contributed by atoms with Crippen molar-refractivity contribution >= 4 is 23.4 Å². The summed E-state index contributed by atoms with van der Waals surface area (Å²) in [6, 6.07) is 16.2. The Hall–Kier alpha value is -3.52. The minimum Gasteiger partial charge on any atom is -0.355 e. The van der Waals surface area contributed by atoms with Crippen LogP contribution < -0.4 is 15.5 Å². The topological polar surface area (TPSA) is 86.3 Å². The van der Waals surface area contributed by atoms with Crippen molar-refractivity contribution in [2.24, 2.45) is 0 Å². The zero-order chi connectivity index (χ0) is 22.8. The van der Waals surface area contributed by atoms with Crippen LogP contribution >= 0.6 is 0 Å². The van der Waals surface area contributed by atoms with Crippen molar-refractivity contribution in [3.63, 3.8) is 0 Å². The molecule has 2 aromatic heterocycles. The van der Waals surface area contributed by atoms with Crippen LogP contribution in [0.15, 0.2) is 54.7 Å². The van der Waals surface area contributed by atoms with E-state index in [2.05, 4.69) is 39.5 Å². The summed E-state index contributed by atoms with van der Waals surface area (Å²) in [7, 11) is 4.24. The Labute approximate surface area is 194 Å². The lowest BCUT2D eigenvalue weighted by Crippen LogP contribution is -2.31. The van der Waals surface area contributed by atoms with E-state index < -0.39 is 0 Å². The third-order valence-corrected chi connectivity index (χ3v) is 6.15. The molecule has 5 rings (SSSR count). The Balaban J connectivity index is 1.43. The zero-order valence-electron chi connectivity index (χ0n) is 19.0. The molecule has 1 saturated carbocycles. The molecule has 2 N–H and O–H groups in total. The van der Waals surface area contributed by atoms with E-state index >= 15 is 0 Å². The zero-order valence-corrected chi connectivity index (χ0v) is 19.0. The van der Waals surface area contributed by atoms with Gasteiger partial charge in [0, 0.05) is 48.6 Å². The van der Waals surface area contributed by atoms with Gasteiger partial charge in [-0.2, -0.15) is 0 Å². The maximum Gasteiger partial charge on any atom is 0.251 e. The fourth-order valence-electron chi connectivity index (χ4n) is 4.02. The van der Waals surface area contributed by atoms with Gasteiger partial charge in [0.05, 0.1) is 0 Å². The standard InChI is InChI=1S/C25H29N7O/c1-31(2)20-11-13-32(16-20)23-15-22(29-24(30-23)17-6-4-3-5-7-17)28-21-14-18(10-12-26-21)25(33)27-19-8-9-19/h3-7,10,12,14-15,19-20H,8-9,11,13,16H2,1-2H3,(H,27,33)(H,26,28,29,30)/t20-/m1/s1. The van der Waals surface area contributed by atoms with Crippen LogP contribution in [0, 0.1) is 0 Å². The summed E-state index contributed by atoms with van der Waals surface area (Å²) in [5, 5.41) is 6.32. The van der Waals surface area contributed by atoms with Crippen molar-refractivity contribution in [3.05, 3.63) is 60.3 Å². The summed E-state index contributed by atoms with van der Waals surface area (Å²) in [5.41, 5.74) is 1.54. The van der Waals surface area contributed by atoms with E-state index in [0.717, 1.165) is 43.7 Å². The predicted octanol–water partition coefficient (Wildman–Crippen LogP) is 3.31. The summed E-state index contributed by atoms with van der Waals surface area (Å²) in [5.74, 6) is 2.71. The molecule has 1 aliphatic heterocycles. The second kappa shape index (κ2) is 9.15. The summed E-state index contributed by atoms with van der Waals surface area (Å²) in [6.45, 7) is 1.87. The number of benzene rings is 1. The molecule has 0 radical (unpaired) electrons. The van der Waals surface area contributed by atoms with Crippen molar-refractivity contribution in [1.29, 1.82) is 0 Å². The normalized spacial score (nSPS) is 17.9. The van der Waals surface area contributed by atoms with E-state index in [-0.39, 0.29) is 5.91 Å². The van der Waals surface area contributed by atoms with Gasteiger partial charge in [0.15, 0.2) is 5.82 Å². The Kier molecular flexibility index (Phi) is 5.92. The number of nitrogens with zero attached hydrogens (tertiary/aromatic N) is 5. The number of carbonyl (C=O) groups is 1. The molecule has 1 aliphatic carbocycles. The molecule has 1 aromatic carbocycles. The van der Waals surface area contributed by atoms with Crippen molar-refractivity contribution in [3.8, 4) is 11.4 Å². The molecule has 8 nitrogen and oxygen atoms in total. The minimum atomic E-state index is -0.0666. The highest BCUT2D eigenvalue weighted by Gasteiger charge is 2.26. The van der Waals surface area contributed by atoms with E-state index in [0.29, 0.717) is 35.1 Å². The molecule has 2 aliphatic rings. The van der Waals surface area contributed by atoms with Crippen molar-refractivity contribution in [2.75, 3.05) is 37.4 Å². The number of likely N-dealkylation sites (N-methyl/N-ethyl adjacent to an activating group) is 1. The highest BCUT2D eigenvalue weighted by atomic mass is 16.1. The molecule has 3 heterocycles. The molecule has 3 aromatic rings. The van der Waals surface area contributed by atoms with Crippen LogP contribution in [0.1, 0.15) is 29.6 Å². The third kappa shape index (κ3) is 5.12. The van der Waals surface area contributed by atoms with E-state index in [9.17, 15) is 4.79 Å². The van der Waals surface area contributed by atoms with Gasteiger partial charge in [-0.05, 0) is 45.5 Å². The first-order valence-corrected chi connectivity index (χ1v) is 11.4. The number of pyridine rings is 1. The smallest absolute Gasteiger partial charge is 0.251 e. The number of anilines is 3. The molecular formula is C25H29N7O. The Morgan fingerprint density at radius 3 is 2.58 bits per heavy atom. The number of hydrogen-bond acceptors (Lipinski definition) is 7. The molecule has 8 heteroatoms. The maximum atomic E-state index is 12.4. The average molecular weight is 444 g/mol. The second-order valence-electron chi connectivity index (χ2n) is 8.96. The molecule has 0 spiro atoms. The maximum absolute atomic E-state index is 12.4. The van der Waals surface area contributed by atoms with Crippen LogP contribution in [0.25, 0.3) is 11.4 Å². The van der Waals surface area contributed by atoms with E-state index in [1.807, 2.05) is 36.4 Å². The highest BCUT2D eigenvalue weighted by Crippen LogP contribution is 2.27. The van der Waals surface area contributed by atoms with Gasteiger partial charge in [-0.1, -0.05) is 30.3 Å². The average Bonchev–Trinajstić information content (AvgIpc) is 3.50. The van der Waals surface area contributed by atoms with Gasteiger partial charge >= 0.3 is 0 Å². The number of rotatable bonds is 7. The molecule has 2 fully saturated rings. The van der Waals surface area contributed by atoms with Gasteiger partial charge in [-0.15, -0.1) is 0 Å². The second-order valence-corrected chi connectivity index (χ2v) is 8.96. The molecule has 0 unspecified atom stereocenters. The lowest BCUT2D eigenvalue weighted by molar-refractivity contribution is 0.0951. The molecule has 1 atom stereocenters. The minimum absolute atomic E-state index is 0.0666. The summed E-state index contributed by atoms with van der Waals surface area (Å²) < 4.78 is 0. The Bertz CT molecular complexity index is 1130. The number of aromatic nitrogens is 3. The fourth-order valence-corrected chi connectivity index (χ4v) is 4.02. The van der Waals surface area contributed by atoms with Crippen molar-refractivity contribution < 1.29 is 4.79 Å². The number of nitrogens with one attached hydrogen (secondary N) is 2. The van der Waals surface area contributed by atoms with Gasteiger partial charge in [0.2, 0.25) is 0 Å². The van der Waals surface area contributed by atoms with Gasteiger partial charge in [-0.25, -0.2) is 15.0 Å². The van der Waals surface area contributed by atoms with E-state index in [4.69, 9.17) is 9.97 Å².